The van der Waals surface area contributed by atoms with Crippen molar-refractivity contribution in [1.82, 2.24) is 0 Å². The minimum atomic E-state index is -1.11. The molecule has 0 aromatic carbocycles. The summed E-state index contributed by atoms with van der Waals surface area (Å²) in [4.78, 5) is 46.5. The van der Waals surface area contributed by atoms with Crippen LogP contribution >= 0.6 is 18.5 Å². The van der Waals surface area contributed by atoms with E-state index in [1.54, 1.807) is 0 Å². The third-order valence-corrected chi connectivity index (χ3v) is 9.27. The maximum absolute atomic E-state index is 11.8. The topological polar surface area (TPSA) is 114 Å². The molecule has 29 heavy (non-hydrogen) atoms. The molecule has 0 saturated carbocycles. The number of hydrogen-bond acceptors (Lipinski definition) is 10. The van der Waals surface area contributed by atoms with E-state index in [-0.39, 0.29) is 6.61 Å². The van der Waals surface area contributed by atoms with E-state index >= 15 is 0 Å². The van der Waals surface area contributed by atoms with Gasteiger partial charge >= 0.3 is 23.9 Å². The molecule has 11 heteroatoms. The highest BCUT2D eigenvalue weighted by molar-refractivity contribution is 8.56. The second-order valence-corrected chi connectivity index (χ2v) is 11.4. The van der Waals surface area contributed by atoms with Crippen molar-refractivity contribution in [2.45, 2.75) is 71.4 Å². The number of esters is 4. The van der Waals surface area contributed by atoms with Gasteiger partial charge in [-0.15, -0.1) is 0 Å². The molecule has 1 fully saturated rings. The molecule has 0 aromatic heterocycles. The van der Waals surface area contributed by atoms with E-state index in [4.69, 9.17) is 23.7 Å². The number of rotatable bonds is 9. The van der Waals surface area contributed by atoms with Gasteiger partial charge in [-0.3, -0.25) is 19.2 Å². The first-order chi connectivity index (χ1) is 13.6. The molecule has 5 unspecified atom stereocenters. The summed E-state index contributed by atoms with van der Waals surface area (Å²) in [6.45, 7) is 8.78. The molecular formula is C18H29O9PS. The first-order valence-electron chi connectivity index (χ1n) is 9.31. The Morgan fingerprint density at radius 2 is 1.28 bits per heavy atom. The van der Waals surface area contributed by atoms with E-state index in [0.717, 1.165) is 12.3 Å². The average Bonchev–Trinajstić information content (AvgIpc) is 2.61. The van der Waals surface area contributed by atoms with Crippen molar-refractivity contribution in [2.75, 3.05) is 18.9 Å². The number of hydrogen-bond donors (Lipinski definition) is 0. The van der Waals surface area contributed by atoms with Gasteiger partial charge in [-0.1, -0.05) is 25.2 Å². The van der Waals surface area contributed by atoms with Crippen molar-refractivity contribution in [1.29, 1.82) is 0 Å². The minimum Gasteiger partial charge on any atom is -0.463 e. The van der Waals surface area contributed by atoms with Gasteiger partial charge in [0.2, 0.25) is 0 Å². The van der Waals surface area contributed by atoms with Crippen molar-refractivity contribution >= 4 is 42.4 Å². The fourth-order valence-corrected chi connectivity index (χ4v) is 6.64. The first-order valence-corrected chi connectivity index (χ1v) is 12.5. The molecular weight excluding hydrogens is 423 g/mol. The summed E-state index contributed by atoms with van der Waals surface area (Å²) in [5, 5.41) is 0. The van der Waals surface area contributed by atoms with Crippen LogP contribution in [-0.2, 0) is 42.9 Å². The number of carbonyl (C=O) groups is 4. The summed E-state index contributed by atoms with van der Waals surface area (Å²) in [5.41, 5.74) is -0.679. The van der Waals surface area contributed by atoms with Gasteiger partial charge in [0.1, 0.15) is 18.1 Å². The molecule has 1 aliphatic heterocycles. The Morgan fingerprint density at radius 1 is 0.793 bits per heavy atom. The smallest absolute Gasteiger partial charge is 0.303 e. The van der Waals surface area contributed by atoms with Crippen LogP contribution in [0.3, 0.4) is 0 Å². The van der Waals surface area contributed by atoms with Crippen LogP contribution in [0, 0.1) is 0 Å². The number of ether oxygens (including phenoxy) is 5. The molecule has 0 spiro atoms. The van der Waals surface area contributed by atoms with Gasteiger partial charge in [-0.05, 0) is 19.4 Å². The molecule has 9 nitrogen and oxygen atoms in total. The molecule has 166 valence electrons. The Hall–Kier alpha value is -1.38. The maximum Gasteiger partial charge on any atom is 0.303 e. The van der Waals surface area contributed by atoms with Crippen LogP contribution in [-0.4, -0.2) is 72.7 Å². The lowest BCUT2D eigenvalue weighted by molar-refractivity contribution is -0.237. The van der Waals surface area contributed by atoms with Gasteiger partial charge in [0.25, 0.3) is 0 Å². The van der Waals surface area contributed by atoms with Gasteiger partial charge in [-0.2, -0.15) is 0 Å². The van der Waals surface area contributed by atoms with Crippen LogP contribution < -0.4 is 0 Å². The Labute approximate surface area is 176 Å². The van der Waals surface area contributed by atoms with Crippen LogP contribution in [0.2, 0.25) is 0 Å². The van der Waals surface area contributed by atoms with E-state index in [1.165, 1.54) is 39.1 Å². The van der Waals surface area contributed by atoms with E-state index in [0.29, 0.717) is 0 Å². The zero-order valence-corrected chi connectivity index (χ0v) is 19.2. The van der Waals surface area contributed by atoms with Crippen LogP contribution in [0.1, 0.15) is 41.5 Å². The summed E-state index contributed by atoms with van der Waals surface area (Å²) in [6, 6.07) is 0. The molecule has 0 aromatic rings. The molecule has 0 aliphatic carbocycles. The number of carbonyl (C=O) groups excluding carboxylic acids is 4. The predicted molar refractivity (Wildman–Crippen MR) is 108 cm³/mol. The summed E-state index contributed by atoms with van der Waals surface area (Å²) < 4.78 is 27.3. The Balaban J connectivity index is 3.31. The van der Waals surface area contributed by atoms with Crippen LogP contribution in [0.5, 0.6) is 0 Å². The largest absolute Gasteiger partial charge is 0.463 e. The third kappa shape index (κ3) is 8.48. The Morgan fingerprint density at radius 3 is 1.72 bits per heavy atom. The molecule has 1 heterocycles. The van der Waals surface area contributed by atoms with Crippen LogP contribution in [0.4, 0.5) is 0 Å². The van der Waals surface area contributed by atoms with Crippen LogP contribution in [0.15, 0.2) is 0 Å². The van der Waals surface area contributed by atoms with E-state index < -0.39 is 60.9 Å². The molecule has 1 rings (SSSR count). The highest BCUT2D eigenvalue weighted by Crippen LogP contribution is 2.54. The zero-order chi connectivity index (χ0) is 22.1. The lowest BCUT2D eigenvalue weighted by atomic mass is 9.99. The van der Waals surface area contributed by atoms with E-state index in [1.807, 2.05) is 13.8 Å². The normalized spacial score (nSPS) is 26.5. The summed E-state index contributed by atoms with van der Waals surface area (Å²) in [7, 11) is -0.497. The molecule has 1 aliphatic rings. The first kappa shape index (κ1) is 25.7. The average molecular weight is 452 g/mol. The monoisotopic (exact) mass is 452 g/mol. The molecule has 0 bridgehead atoms. The molecule has 0 amide bonds. The standard InChI is InChI=1S/C18H29O9PS/c1-7-28(8-2)29-18-17(26-13(6)22)16(25-12(5)21)15(24-11(4)20)14(27-18)9-23-10(3)19/h14-18H,7-9H2,1-6H3. The van der Waals surface area contributed by atoms with Crippen molar-refractivity contribution in [2.24, 2.45) is 0 Å². The fourth-order valence-electron chi connectivity index (χ4n) is 2.79. The molecule has 0 radical (unpaired) electrons. The van der Waals surface area contributed by atoms with E-state index in [9.17, 15) is 19.2 Å². The van der Waals surface area contributed by atoms with E-state index in [2.05, 4.69) is 0 Å². The second-order valence-electron chi connectivity index (χ2n) is 6.29. The molecule has 0 N–H and O–H groups in total. The summed E-state index contributed by atoms with van der Waals surface area (Å²) in [5.74, 6) is -2.39. The zero-order valence-electron chi connectivity index (χ0n) is 17.5. The lowest BCUT2D eigenvalue weighted by Crippen LogP contribution is -2.61. The lowest BCUT2D eigenvalue weighted by Gasteiger charge is -2.44. The van der Waals surface area contributed by atoms with Gasteiger partial charge in [0.05, 0.1) is 0 Å². The second kappa shape index (κ2) is 12.3. The Bertz CT molecular complexity index is 596. The Kier molecular flexibility index (Phi) is 10.9. The summed E-state index contributed by atoms with van der Waals surface area (Å²) in [6.07, 6.45) is -2.26. The molecule has 1 saturated heterocycles. The van der Waals surface area contributed by atoms with Crippen molar-refractivity contribution in [3.63, 3.8) is 0 Å². The maximum atomic E-state index is 11.8. The van der Waals surface area contributed by atoms with Crippen molar-refractivity contribution < 1.29 is 42.9 Å². The molecule has 5 atom stereocenters. The van der Waals surface area contributed by atoms with Gasteiger partial charge in [0.15, 0.2) is 18.3 Å². The summed E-state index contributed by atoms with van der Waals surface area (Å²) >= 11 is 1.50. The van der Waals surface area contributed by atoms with Gasteiger partial charge in [-0.25, -0.2) is 0 Å². The van der Waals surface area contributed by atoms with Gasteiger partial charge < -0.3 is 23.7 Å². The SMILES string of the molecule is CCP(CC)SC1OC(COC(C)=O)C(OC(C)=O)C(OC(C)=O)C1OC(C)=O. The van der Waals surface area contributed by atoms with Crippen molar-refractivity contribution in [3.8, 4) is 0 Å². The highest BCUT2D eigenvalue weighted by Gasteiger charge is 2.52. The third-order valence-electron chi connectivity index (χ3n) is 3.91. The quantitative estimate of drug-likeness (QED) is 0.293. The minimum absolute atomic E-state index is 0.203. The van der Waals surface area contributed by atoms with Crippen LogP contribution in [0.25, 0.3) is 0 Å². The highest BCUT2D eigenvalue weighted by atomic mass is 32.7. The van der Waals surface area contributed by atoms with Gasteiger partial charge in [0, 0.05) is 27.7 Å². The predicted octanol–water partition coefficient (Wildman–Crippen LogP) is 2.24. The van der Waals surface area contributed by atoms with Crippen molar-refractivity contribution in [3.05, 3.63) is 0 Å². The fraction of sp³-hybridized carbons (Fsp3) is 0.778.